The Morgan fingerprint density at radius 1 is 1.10 bits per heavy atom. The van der Waals surface area contributed by atoms with Crippen LogP contribution in [0.4, 0.5) is 0 Å². The molecule has 2 aromatic rings. The molecule has 1 saturated carbocycles. The van der Waals surface area contributed by atoms with Crippen LogP contribution in [0, 0.1) is 6.92 Å². The predicted molar refractivity (Wildman–Crippen MR) is 121 cm³/mol. The van der Waals surface area contributed by atoms with Crippen molar-refractivity contribution in [1.82, 2.24) is 9.62 Å². The summed E-state index contributed by atoms with van der Waals surface area (Å²) in [7, 11) is -2.19. The summed E-state index contributed by atoms with van der Waals surface area (Å²) in [6.45, 7) is 3.59. The lowest BCUT2D eigenvalue weighted by molar-refractivity contribution is -0.122. The van der Waals surface area contributed by atoms with Gasteiger partial charge in [0.2, 0.25) is 15.9 Å². The molecule has 1 fully saturated rings. The van der Waals surface area contributed by atoms with E-state index in [2.05, 4.69) is 5.32 Å². The minimum atomic E-state index is -3.78. The lowest BCUT2D eigenvalue weighted by Crippen LogP contribution is -2.47. The highest BCUT2D eigenvalue weighted by Gasteiger charge is 2.34. The van der Waals surface area contributed by atoms with Crippen molar-refractivity contribution < 1.29 is 17.9 Å². The quantitative estimate of drug-likeness (QED) is 0.662. The molecule has 0 radical (unpaired) electrons. The number of sulfonamides is 1. The van der Waals surface area contributed by atoms with E-state index < -0.39 is 10.0 Å². The first-order valence-electron chi connectivity index (χ1n) is 10.8. The standard InChI is InChI=1S/C24H32N2O4S/c1-18-13-15-21(16-14-18)31(28,29)26(20-9-5-4-6-10-20)17-24(27)25-19(2)22-11-7-8-12-23(22)30-3/h7-8,11-16,19-20H,4-6,9-10,17H2,1-3H3,(H,25,27). The Balaban J connectivity index is 1.81. The van der Waals surface area contributed by atoms with Crippen molar-refractivity contribution in [1.29, 1.82) is 0 Å². The molecule has 0 saturated heterocycles. The van der Waals surface area contributed by atoms with E-state index in [1.54, 1.807) is 31.4 Å². The average molecular weight is 445 g/mol. The maximum absolute atomic E-state index is 13.5. The van der Waals surface area contributed by atoms with Gasteiger partial charge in [-0.15, -0.1) is 0 Å². The summed E-state index contributed by atoms with van der Waals surface area (Å²) < 4.78 is 33.7. The van der Waals surface area contributed by atoms with Crippen LogP contribution in [0.3, 0.4) is 0 Å². The number of nitrogens with zero attached hydrogens (tertiary/aromatic N) is 1. The lowest BCUT2D eigenvalue weighted by atomic mass is 9.95. The molecule has 1 N–H and O–H groups in total. The molecule has 6 nitrogen and oxygen atoms in total. The minimum absolute atomic E-state index is 0.160. The Bertz CT molecular complexity index is 983. The van der Waals surface area contributed by atoms with Crippen molar-refractivity contribution in [3.05, 3.63) is 59.7 Å². The second-order valence-electron chi connectivity index (χ2n) is 8.19. The number of amides is 1. The maximum atomic E-state index is 13.5. The predicted octanol–water partition coefficient (Wildman–Crippen LogP) is 4.20. The number of aryl methyl sites for hydroxylation is 1. The average Bonchev–Trinajstić information content (AvgIpc) is 2.78. The zero-order chi connectivity index (χ0) is 22.4. The lowest BCUT2D eigenvalue weighted by Gasteiger charge is -2.33. The number of carbonyl (C=O) groups excluding carboxylic acids is 1. The molecule has 1 atom stereocenters. The number of ether oxygens (including phenoxy) is 1. The largest absolute Gasteiger partial charge is 0.496 e. The van der Waals surface area contributed by atoms with Gasteiger partial charge in [0.15, 0.2) is 0 Å². The van der Waals surface area contributed by atoms with Crippen LogP contribution in [0.5, 0.6) is 5.75 Å². The molecule has 0 bridgehead atoms. The van der Waals surface area contributed by atoms with E-state index in [-0.39, 0.29) is 29.4 Å². The molecule has 0 aromatic heterocycles. The first kappa shape index (κ1) is 23.3. The molecule has 0 aliphatic heterocycles. The number of nitrogens with one attached hydrogen (secondary N) is 1. The molecule has 0 heterocycles. The van der Waals surface area contributed by atoms with Crippen molar-refractivity contribution in [2.24, 2.45) is 0 Å². The smallest absolute Gasteiger partial charge is 0.243 e. The van der Waals surface area contributed by atoms with Gasteiger partial charge in [-0.1, -0.05) is 55.2 Å². The van der Waals surface area contributed by atoms with Crippen molar-refractivity contribution in [2.45, 2.75) is 62.9 Å². The summed E-state index contributed by atoms with van der Waals surface area (Å²) in [6.07, 6.45) is 4.61. The number of para-hydroxylation sites is 1. The molecule has 2 aromatic carbocycles. The van der Waals surface area contributed by atoms with Crippen LogP contribution in [0.15, 0.2) is 53.4 Å². The Hall–Kier alpha value is -2.38. The fourth-order valence-electron chi connectivity index (χ4n) is 4.16. The van der Waals surface area contributed by atoms with E-state index in [1.807, 2.05) is 38.1 Å². The third kappa shape index (κ3) is 5.66. The molecular weight excluding hydrogens is 412 g/mol. The topological polar surface area (TPSA) is 75.7 Å². The van der Waals surface area contributed by atoms with Crippen LogP contribution < -0.4 is 10.1 Å². The fourth-order valence-corrected chi connectivity index (χ4v) is 5.80. The van der Waals surface area contributed by atoms with E-state index in [4.69, 9.17) is 4.74 Å². The van der Waals surface area contributed by atoms with Crippen molar-refractivity contribution in [3.63, 3.8) is 0 Å². The van der Waals surface area contributed by atoms with E-state index in [0.717, 1.165) is 43.2 Å². The molecular formula is C24H32N2O4S. The minimum Gasteiger partial charge on any atom is -0.496 e. The van der Waals surface area contributed by atoms with Crippen molar-refractivity contribution in [2.75, 3.05) is 13.7 Å². The van der Waals surface area contributed by atoms with Gasteiger partial charge in [-0.2, -0.15) is 4.31 Å². The van der Waals surface area contributed by atoms with Crippen molar-refractivity contribution in [3.8, 4) is 5.75 Å². The highest BCUT2D eigenvalue weighted by atomic mass is 32.2. The van der Waals surface area contributed by atoms with E-state index in [0.29, 0.717) is 5.75 Å². The zero-order valence-corrected chi connectivity index (χ0v) is 19.3. The van der Waals surface area contributed by atoms with Gasteiger partial charge in [-0.05, 0) is 44.9 Å². The third-order valence-corrected chi connectivity index (χ3v) is 7.80. The first-order chi connectivity index (χ1) is 14.8. The number of methoxy groups -OCH3 is 1. The first-order valence-corrected chi connectivity index (χ1v) is 12.3. The van der Waals surface area contributed by atoms with Gasteiger partial charge in [0, 0.05) is 11.6 Å². The second kappa shape index (κ2) is 10.3. The summed E-state index contributed by atoms with van der Waals surface area (Å²) in [6, 6.07) is 13.8. The van der Waals surface area contributed by atoms with Crippen LogP contribution in [0.1, 0.15) is 56.2 Å². The van der Waals surface area contributed by atoms with Gasteiger partial charge < -0.3 is 10.1 Å². The summed E-state index contributed by atoms with van der Waals surface area (Å²) in [5, 5.41) is 2.95. The van der Waals surface area contributed by atoms with Crippen LogP contribution in [-0.4, -0.2) is 38.3 Å². The molecule has 0 spiro atoms. The number of carbonyl (C=O) groups is 1. The van der Waals surface area contributed by atoms with E-state index >= 15 is 0 Å². The van der Waals surface area contributed by atoms with Crippen LogP contribution >= 0.6 is 0 Å². The Kier molecular flexibility index (Phi) is 7.73. The zero-order valence-electron chi connectivity index (χ0n) is 18.5. The number of rotatable bonds is 8. The van der Waals surface area contributed by atoms with Crippen LogP contribution in [-0.2, 0) is 14.8 Å². The van der Waals surface area contributed by atoms with E-state index in [9.17, 15) is 13.2 Å². The molecule has 1 amide bonds. The van der Waals surface area contributed by atoms with Gasteiger partial charge in [-0.25, -0.2) is 8.42 Å². The molecule has 168 valence electrons. The highest BCUT2D eigenvalue weighted by molar-refractivity contribution is 7.89. The van der Waals surface area contributed by atoms with E-state index in [1.165, 1.54) is 4.31 Å². The monoisotopic (exact) mass is 444 g/mol. The van der Waals surface area contributed by atoms with Crippen LogP contribution in [0.25, 0.3) is 0 Å². The van der Waals surface area contributed by atoms with Gasteiger partial charge in [0.25, 0.3) is 0 Å². The maximum Gasteiger partial charge on any atom is 0.243 e. The number of hydrogen-bond donors (Lipinski definition) is 1. The molecule has 1 aliphatic rings. The molecule has 1 unspecified atom stereocenters. The Morgan fingerprint density at radius 3 is 2.39 bits per heavy atom. The van der Waals surface area contributed by atoms with Crippen molar-refractivity contribution >= 4 is 15.9 Å². The normalized spacial score (nSPS) is 16.1. The third-order valence-electron chi connectivity index (χ3n) is 5.89. The Morgan fingerprint density at radius 2 is 1.74 bits per heavy atom. The SMILES string of the molecule is COc1ccccc1C(C)NC(=O)CN(C1CCCCC1)S(=O)(=O)c1ccc(C)cc1. The Labute approximate surface area is 185 Å². The second-order valence-corrected chi connectivity index (χ2v) is 10.1. The van der Waals surface area contributed by atoms with Gasteiger partial charge in [0.05, 0.1) is 24.6 Å². The molecule has 1 aliphatic carbocycles. The fraction of sp³-hybridized carbons (Fsp3) is 0.458. The van der Waals surface area contributed by atoms with Gasteiger partial charge in [-0.3, -0.25) is 4.79 Å². The number of hydrogen-bond acceptors (Lipinski definition) is 4. The van der Waals surface area contributed by atoms with Crippen LogP contribution in [0.2, 0.25) is 0 Å². The summed E-state index contributed by atoms with van der Waals surface area (Å²) >= 11 is 0. The highest BCUT2D eigenvalue weighted by Crippen LogP contribution is 2.28. The summed E-state index contributed by atoms with van der Waals surface area (Å²) in [5.74, 6) is 0.367. The molecule has 7 heteroatoms. The van der Waals surface area contributed by atoms with Gasteiger partial charge in [0.1, 0.15) is 5.75 Å². The number of benzene rings is 2. The molecule has 31 heavy (non-hydrogen) atoms. The molecule has 3 rings (SSSR count). The summed E-state index contributed by atoms with van der Waals surface area (Å²) in [4.78, 5) is 13.2. The summed E-state index contributed by atoms with van der Waals surface area (Å²) in [5.41, 5.74) is 1.84. The van der Waals surface area contributed by atoms with Gasteiger partial charge >= 0.3 is 0 Å².